The van der Waals surface area contributed by atoms with Crippen molar-refractivity contribution < 1.29 is 13.9 Å². The molecule has 1 saturated heterocycles. The van der Waals surface area contributed by atoms with E-state index >= 15 is 0 Å². The van der Waals surface area contributed by atoms with Crippen LogP contribution in [0.5, 0.6) is 0 Å². The lowest BCUT2D eigenvalue weighted by atomic mass is 10.2. The van der Waals surface area contributed by atoms with Gasteiger partial charge in [0.1, 0.15) is 0 Å². The second kappa shape index (κ2) is 5.77. The van der Waals surface area contributed by atoms with E-state index in [-0.39, 0.29) is 12.2 Å². The van der Waals surface area contributed by atoms with Gasteiger partial charge in [-0.05, 0) is 34.2 Å². The maximum atomic E-state index is 12.6. The van der Waals surface area contributed by atoms with Crippen LogP contribution in [-0.4, -0.2) is 49.7 Å². The maximum absolute atomic E-state index is 12.6. The first-order valence-corrected chi connectivity index (χ1v) is 5.60. The number of likely N-dealkylation sites (tertiary alicyclic amines) is 1. The molecule has 3 unspecified atom stereocenters. The van der Waals surface area contributed by atoms with Crippen LogP contribution in [0.3, 0.4) is 0 Å². The minimum absolute atomic E-state index is 0.00997. The van der Waals surface area contributed by atoms with Gasteiger partial charge in [0.2, 0.25) is 0 Å². The number of halogens is 1. The van der Waals surface area contributed by atoms with Crippen molar-refractivity contribution in [3.05, 3.63) is 0 Å². The van der Waals surface area contributed by atoms with E-state index in [2.05, 4.69) is 4.90 Å². The molecule has 1 heterocycles. The topological polar surface area (TPSA) is 21.7 Å². The molecule has 0 aromatic rings. The summed E-state index contributed by atoms with van der Waals surface area (Å²) >= 11 is 0. The Balaban J connectivity index is 2.29. The van der Waals surface area contributed by atoms with Gasteiger partial charge in [0, 0.05) is 12.6 Å². The molecule has 3 atom stereocenters. The molecule has 0 saturated carbocycles. The van der Waals surface area contributed by atoms with Gasteiger partial charge < -0.3 is 9.47 Å². The number of ether oxygens (including phenoxy) is 2. The molecular formula is C11H22FNO2. The van der Waals surface area contributed by atoms with Crippen molar-refractivity contribution >= 4 is 0 Å². The highest BCUT2D eigenvalue weighted by Crippen LogP contribution is 2.20. The monoisotopic (exact) mass is 219 g/mol. The zero-order chi connectivity index (χ0) is 11.4. The third-order valence-corrected chi connectivity index (χ3v) is 2.65. The van der Waals surface area contributed by atoms with E-state index in [0.29, 0.717) is 12.6 Å². The molecule has 1 aliphatic rings. The first-order valence-electron chi connectivity index (χ1n) is 5.60. The van der Waals surface area contributed by atoms with Crippen molar-refractivity contribution in [3.63, 3.8) is 0 Å². The zero-order valence-electron chi connectivity index (χ0n) is 10.1. The van der Waals surface area contributed by atoms with Crippen molar-refractivity contribution in [1.29, 1.82) is 0 Å². The van der Waals surface area contributed by atoms with E-state index in [9.17, 15) is 4.39 Å². The van der Waals surface area contributed by atoms with Crippen LogP contribution < -0.4 is 0 Å². The summed E-state index contributed by atoms with van der Waals surface area (Å²) in [7, 11) is 2.03. The highest BCUT2D eigenvalue weighted by Gasteiger charge is 2.31. The first kappa shape index (κ1) is 12.9. The summed E-state index contributed by atoms with van der Waals surface area (Å²) in [4.78, 5) is 2.18. The molecule has 0 amide bonds. The lowest BCUT2D eigenvalue weighted by molar-refractivity contribution is -0.0685. The normalized spacial score (nSPS) is 30.0. The van der Waals surface area contributed by atoms with Crippen LogP contribution in [0, 0.1) is 0 Å². The summed E-state index contributed by atoms with van der Waals surface area (Å²) in [5.74, 6) is 0. The quantitative estimate of drug-likeness (QED) is 0.704. The van der Waals surface area contributed by atoms with Gasteiger partial charge in [0.05, 0.1) is 18.8 Å². The van der Waals surface area contributed by atoms with E-state index in [1.807, 2.05) is 20.9 Å². The fourth-order valence-corrected chi connectivity index (χ4v) is 1.89. The Hall–Kier alpha value is -0.190. The third kappa shape index (κ3) is 4.45. The van der Waals surface area contributed by atoms with E-state index in [1.165, 1.54) is 6.92 Å². The molecule has 0 aliphatic carbocycles. The third-order valence-electron chi connectivity index (χ3n) is 2.65. The number of alkyl halides is 1. The largest absolute Gasteiger partial charge is 0.377 e. The molecule has 0 radical (unpaired) electrons. The smallest absolute Gasteiger partial charge is 0.196 e. The SMILES string of the molecule is CC(C)OCC1CC(OC(C)F)CN1C. The molecule has 90 valence electrons. The van der Waals surface area contributed by atoms with Gasteiger partial charge >= 0.3 is 0 Å². The summed E-state index contributed by atoms with van der Waals surface area (Å²) in [6, 6.07) is 0.358. The van der Waals surface area contributed by atoms with E-state index < -0.39 is 6.36 Å². The van der Waals surface area contributed by atoms with Crippen LogP contribution in [0.25, 0.3) is 0 Å². The number of hydrogen-bond acceptors (Lipinski definition) is 3. The minimum atomic E-state index is -1.17. The Morgan fingerprint density at radius 2 is 2.07 bits per heavy atom. The van der Waals surface area contributed by atoms with Gasteiger partial charge in [0.15, 0.2) is 6.36 Å². The van der Waals surface area contributed by atoms with Gasteiger partial charge in [-0.15, -0.1) is 0 Å². The number of likely N-dealkylation sites (N-methyl/N-ethyl adjacent to an activating group) is 1. The van der Waals surface area contributed by atoms with Crippen molar-refractivity contribution in [1.82, 2.24) is 4.90 Å². The summed E-state index contributed by atoms with van der Waals surface area (Å²) < 4.78 is 23.4. The number of rotatable bonds is 5. The molecule has 15 heavy (non-hydrogen) atoms. The summed E-state index contributed by atoms with van der Waals surface area (Å²) in [6.45, 7) is 6.96. The lowest BCUT2D eigenvalue weighted by Crippen LogP contribution is -2.30. The molecule has 0 spiro atoms. The van der Waals surface area contributed by atoms with E-state index in [1.54, 1.807) is 0 Å². The maximum Gasteiger partial charge on any atom is 0.196 e. The molecule has 0 aromatic heterocycles. The van der Waals surface area contributed by atoms with Gasteiger partial charge in [-0.25, -0.2) is 4.39 Å². The second-order valence-electron chi connectivity index (χ2n) is 4.51. The fourth-order valence-electron chi connectivity index (χ4n) is 1.89. The van der Waals surface area contributed by atoms with E-state index in [4.69, 9.17) is 9.47 Å². The molecule has 1 fully saturated rings. The van der Waals surface area contributed by atoms with Crippen molar-refractivity contribution in [2.24, 2.45) is 0 Å². The first-order chi connectivity index (χ1) is 6.99. The fraction of sp³-hybridized carbons (Fsp3) is 1.00. The lowest BCUT2D eigenvalue weighted by Gasteiger charge is -2.19. The van der Waals surface area contributed by atoms with Gasteiger partial charge in [0.25, 0.3) is 0 Å². The number of nitrogens with zero attached hydrogens (tertiary/aromatic N) is 1. The minimum Gasteiger partial charge on any atom is -0.377 e. The molecular weight excluding hydrogens is 197 g/mol. The Morgan fingerprint density at radius 1 is 1.40 bits per heavy atom. The average molecular weight is 219 g/mol. The molecule has 0 N–H and O–H groups in total. The predicted octanol–water partition coefficient (Wildman–Crippen LogP) is 1.82. The van der Waals surface area contributed by atoms with Gasteiger partial charge in [-0.3, -0.25) is 4.90 Å². The highest BCUT2D eigenvalue weighted by molar-refractivity contribution is 4.84. The van der Waals surface area contributed by atoms with Gasteiger partial charge in [-0.1, -0.05) is 0 Å². The summed E-state index contributed by atoms with van der Waals surface area (Å²) in [5, 5.41) is 0. The van der Waals surface area contributed by atoms with Crippen LogP contribution >= 0.6 is 0 Å². The molecule has 1 rings (SSSR count). The molecule has 3 nitrogen and oxygen atoms in total. The second-order valence-corrected chi connectivity index (χ2v) is 4.51. The molecule has 0 aromatic carbocycles. The Bertz CT molecular complexity index is 187. The molecule has 4 heteroatoms. The predicted molar refractivity (Wildman–Crippen MR) is 57.6 cm³/mol. The van der Waals surface area contributed by atoms with E-state index in [0.717, 1.165) is 13.0 Å². The zero-order valence-corrected chi connectivity index (χ0v) is 10.1. The van der Waals surface area contributed by atoms with Crippen molar-refractivity contribution in [2.75, 3.05) is 20.2 Å². The van der Waals surface area contributed by atoms with Crippen LogP contribution in [0.2, 0.25) is 0 Å². The standard InChI is InChI=1S/C11H22FNO2/c1-8(2)14-7-10-5-11(6-13(10)4)15-9(3)12/h8-11H,5-7H2,1-4H3. The number of hydrogen-bond donors (Lipinski definition) is 0. The average Bonchev–Trinajstić information content (AvgIpc) is 2.41. The Kier molecular flexibility index (Phi) is 4.96. The van der Waals surface area contributed by atoms with Gasteiger partial charge in [-0.2, -0.15) is 0 Å². The highest BCUT2D eigenvalue weighted by atomic mass is 19.1. The van der Waals surface area contributed by atoms with Crippen LogP contribution in [-0.2, 0) is 9.47 Å². The Labute approximate surface area is 91.5 Å². The van der Waals surface area contributed by atoms with Crippen molar-refractivity contribution in [3.8, 4) is 0 Å². The molecule has 1 aliphatic heterocycles. The Morgan fingerprint density at radius 3 is 2.60 bits per heavy atom. The van der Waals surface area contributed by atoms with Crippen LogP contribution in [0.4, 0.5) is 4.39 Å². The molecule has 0 bridgehead atoms. The van der Waals surface area contributed by atoms with Crippen LogP contribution in [0.15, 0.2) is 0 Å². The summed E-state index contributed by atoms with van der Waals surface area (Å²) in [5.41, 5.74) is 0. The van der Waals surface area contributed by atoms with Crippen molar-refractivity contribution in [2.45, 2.75) is 51.8 Å². The van der Waals surface area contributed by atoms with Crippen LogP contribution in [0.1, 0.15) is 27.2 Å². The summed E-state index contributed by atoms with van der Waals surface area (Å²) in [6.07, 6.45) is -0.0558.